The molecule has 1 aromatic carbocycles. The molecule has 2 heterocycles. The van der Waals surface area contributed by atoms with Crippen LogP contribution in [-0.4, -0.2) is 35.1 Å². The summed E-state index contributed by atoms with van der Waals surface area (Å²) in [6.45, 7) is 1.73. The molecule has 1 aliphatic heterocycles. The van der Waals surface area contributed by atoms with Crippen molar-refractivity contribution in [3.63, 3.8) is 0 Å². The first kappa shape index (κ1) is 16.4. The molecular formula is C17H16ClN3O3. The van der Waals surface area contributed by atoms with Crippen molar-refractivity contribution in [1.82, 2.24) is 14.9 Å². The summed E-state index contributed by atoms with van der Waals surface area (Å²) in [6, 6.07) is 5.29. The van der Waals surface area contributed by atoms with Crippen molar-refractivity contribution in [2.45, 2.75) is 13.0 Å². The number of ether oxygens (including phenoxy) is 1. The highest BCUT2D eigenvalue weighted by atomic mass is 35.5. The number of rotatable bonds is 2. The number of fused-ring (bicyclic) bond motifs is 1. The average molecular weight is 346 g/mol. The molecule has 0 saturated heterocycles. The maximum atomic E-state index is 11.7. The fraction of sp³-hybridized carbons (Fsp3) is 0.294. The second-order valence-electron chi connectivity index (χ2n) is 5.47. The van der Waals surface area contributed by atoms with Crippen molar-refractivity contribution in [3.8, 4) is 17.6 Å². The van der Waals surface area contributed by atoms with E-state index in [0.717, 1.165) is 5.56 Å². The van der Waals surface area contributed by atoms with Crippen LogP contribution >= 0.6 is 11.6 Å². The summed E-state index contributed by atoms with van der Waals surface area (Å²) < 4.78 is 5.26. The third-order valence-electron chi connectivity index (χ3n) is 3.88. The molecule has 0 radical (unpaired) electrons. The van der Waals surface area contributed by atoms with E-state index in [0.29, 0.717) is 48.1 Å². The predicted molar refractivity (Wildman–Crippen MR) is 91.5 cm³/mol. The Balaban J connectivity index is 1.74. The normalized spacial score (nSPS) is 13.8. The van der Waals surface area contributed by atoms with Crippen LogP contribution in [0.4, 0.5) is 0 Å². The number of benzene rings is 1. The molecule has 0 fully saturated rings. The standard InChI is InChI=1S/C17H16ClN3O3/c1-24-15-5-4-12(18)9-11(15)3-2-7-21-8-6-13-14(10-21)19-17(23)20-16(13)22/h4-5,9H,6-8,10H2,1H3,(H2,19,20,22,23). The lowest BCUT2D eigenvalue weighted by Crippen LogP contribution is -2.38. The minimum atomic E-state index is -0.477. The first-order chi connectivity index (χ1) is 11.6. The molecule has 0 amide bonds. The lowest BCUT2D eigenvalue weighted by atomic mass is 10.1. The van der Waals surface area contributed by atoms with Crippen LogP contribution in [0.25, 0.3) is 0 Å². The second kappa shape index (κ2) is 6.95. The summed E-state index contributed by atoms with van der Waals surface area (Å²) in [7, 11) is 1.59. The first-order valence-corrected chi connectivity index (χ1v) is 7.83. The molecule has 24 heavy (non-hydrogen) atoms. The van der Waals surface area contributed by atoms with E-state index >= 15 is 0 Å². The number of halogens is 1. The van der Waals surface area contributed by atoms with Gasteiger partial charge in [0, 0.05) is 29.4 Å². The molecule has 0 unspecified atom stereocenters. The summed E-state index contributed by atoms with van der Waals surface area (Å²) in [6.07, 6.45) is 0.587. The SMILES string of the molecule is COc1ccc(Cl)cc1C#CCN1CCc2c([nH]c(=O)[nH]c2=O)C1. The average Bonchev–Trinajstić information content (AvgIpc) is 2.54. The number of hydrogen-bond donors (Lipinski definition) is 2. The highest BCUT2D eigenvalue weighted by molar-refractivity contribution is 6.30. The Bertz CT molecular complexity index is 937. The van der Waals surface area contributed by atoms with Crippen LogP contribution in [-0.2, 0) is 13.0 Å². The quantitative estimate of drug-likeness (QED) is 0.800. The van der Waals surface area contributed by atoms with Gasteiger partial charge in [-0.2, -0.15) is 0 Å². The van der Waals surface area contributed by atoms with Crippen molar-refractivity contribution in [1.29, 1.82) is 0 Å². The number of hydrogen-bond acceptors (Lipinski definition) is 4. The van der Waals surface area contributed by atoms with Crippen LogP contribution in [0.5, 0.6) is 5.75 Å². The Morgan fingerprint density at radius 2 is 2.17 bits per heavy atom. The Morgan fingerprint density at radius 1 is 1.33 bits per heavy atom. The first-order valence-electron chi connectivity index (χ1n) is 7.46. The molecule has 6 nitrogen and oxygen atoms in total. The molecular weight excluding hydrogens is 330 g/mol. The van der Waals surface area contributed by atoms with Crippen LogP contribution in [0.1, 0.15) is 16.8 Å². The molecule has 2 aromatic rings. The molecule has 1 aromatic heterocycles. The highest BCUT2D eigenvalue weighted by Crippen LogP contribution is 2.21. The van der Waals surface area contributed by atoms with Crippen molar-refractivity contribution in [3.05, 3.63) is 60.9 Å². The lowest BCUT2D eigenvalue weighted by molar-refractivity contribution is 0.279. The van der Waals surface area contributed by atoms with Gasteiger partial charge < -0.3 is 9.72 Å². The van der Waals surface area contributed by atoms with Gasteiger partial charge in [0.25, 0.3) is 5.56 Å². The van der Waals surface area contributed by atoms with Crippen molar-refractivity contribution in [2.75, 3.05) is 20.2 Å². The van der Waals surface area contributed by atoms with Gasteiger partial charge in [0.05, 0.1) is 19.2 Å². The molecule has 0 atom stereocenters. The van der Waals surface area contributed by atoms with Crippen molar-refractivity contribution >= 4 is 11.6 Å². The zero-order valence-electron chi connectivity index (χ0n) is 13.1. The summed E-state index contributed by atoms with van der Waals surface area (Å²) in [5, 5.41) is 0.601. The van der Waals surface area contributed by atoms with Crippen LogP contribution in [0, 0.1) is 11.8 Å². The van der Waals surface area contributed by atoms with Crippen LogP contribution < -0.4 is 16.0 Å². The van der Waals surface area contributed by atoms with Gasteiger partial charge in [-0.1, -0.05) is 23.4 Å². The number of nitrogens with one attached hydrogen (secondary N) is 2. The molecule has 3 rings (SSSR count). The molecule has 7 heteroatoms. The number of methoxy groups -OCH3 is 1. The van der Waals surface area contributed by atoms with Crippen LogP contribution in [0.3, 0.4) is 0 Å². The van der Waals surface area contributed by atoms with E-state index in [4.69, 9.17) is 16.3 Å². The fourth-order valence-corrected chi connectivity index (χ4v) is 2.86. The fourth-order valence-electron chi connectivity index (χ4n) is 2.69. The molecule has 2 N–H and O–H groups in total. The van der Waals surface area contributed by atoms with Crippen molar-refractivity contribution in [2.24, 2.45) is 0 Å². The van der Waals surface area contributed by atoms with Gasteiger partial charge >= 0.3 is 5.69 Å². The maximum Gasteiger partial charge on any atom is 0.325 e. The van der Waals surface area contributed by atoms with E-state index in [1.54, 1.807) is 25.3 Å². The third kappa shape index (κ3) is 3.53. The Morgan fingerprint density at radius 3 is 2.96 bits per heavy atom. The number of H-pyrrole nitrogens is 2. The topological polar surface area (TPSA) is 78.2 Å². The van der Waals surface area contributed by atoms with E-state index in [1.807, 2.05) is 0 Å². The van der Waals surface area contributed by atoms with Gasteiger partial charge in [-0.25, -0.2) is 4.79 Å². The lowest BCUT2D eigenvalue weighted by Gasteiger charge is -2.25. The number of aromatic amines is 2. The van der Waals surface area contributed by atoms with E-state index in [2.05, 4.69) is 26.7 Å². The van der Waals surface area contributed by atoms with E-state index in [1.165, 1.54) is 0 Å². The molecule has 124 valence electrons. The molecule has 0 aliphatic carbocycles. The van der Waals surface area contributed by atoms with E-state index < -0.39 is 5.69 Å². The second-order valence-corrected chi connectivity index (χ2v) is 5.91. The summed E-state index contributed by atoms with van der Waals surface area (Å²) in [5.41, 5.74) is 1.26. The summed E-state index contributed by atoms with van der Waals surface area (Å²) in [4.78, 5) is 30.2. The van der Waals surface area contributed by atoms with Gasteiger partial charge in [-0.3, -0.25) is 14.7 Å². The Labute approximate surface area is 143 Å². The van der Waals surface area contributed by atoms with Crippen LogP contribution in [0.2, 0.25) is 5.02 Å². The Hall–Kier alpha value is -2.49. The predicted octanol–water partition coefficient (Wildman–Crippen LogP) is 1.14. The van der Waals surface area contributed by atoms with Gasteiger partial charge in [0.1, 0.15) is 5.75 Å². The van der Waals surface area contributed by atoms with E-state index in [9.17, 15) is 9.59 Å². The molecule has 0 bridgehead atoms. The minimum Gasteiger partial charge on any atom is -0.495 e. The highest BCUT2D eigenvalue weighted by Gasteiger charge is 2.18. The monoisotopic (exact) mass is 345 g/mol. The largest absolute Gasteiger partial charge is 0.495 e. The zero-order valence-corrected chi connectivity index (χ0v) is 13.9. The number of aromatic nitrogens is 2. The van der Waals surface area contributed by atoms with Gasteiger partial charge in [0.2, 0.25) is 0 Å². The third-order valence-corrected chi connectivity index (χ3v) is 4.11. The zero-order chi connectivity index (χ0) is 17.1. The smallest absolute Gasteiger partial charge is 0.325 e. The van der Waals surface area contributed by atoms with Gasteiger partial charge in [0.15, 0.2) is 0 Å². The molecule has 0 spiro atoms. The van der Waals surface area contributed by atoms with Crippen molar-refractivity contribution < 1.29 is 4.74 Å². The molecule has 0 saturated carbocycles. The summed E-state index contributed by atoms with van der Waals surface area (Å²) in [5.74, 6) is 6.82. The van der Waals surface area contributed by atoms with Gasteiger partial charge in [-0.05, 0) is 24.6 Å². The minimum absolute atomic E-state index is 0.303. The van der Waals surface area contributed by atoms with Gasteiger partial charge in [-0.15, -0.1) is 0 Å². The molecule has 1 aliphatic rings. The number of nitrogens with zero attached hydrogens (tertiary/aromatic N) is 1. The summed E-state index contributed by atoms with van der Waals surface area (Å²) >= 11 is 5.99. The van der Waals surface area contributed by atoms with E-state index in [-0.39, 0.29) is 5.56 Å². The Kier molecular flexibility index (Phi) is 4.74. The van der Waals surface area contributed by atoms with Crippen LogP contribution in [0.15, 0.2) is 27.8 Å². The maximum absolute atomic E-state index is 11.7.